The van der Waals surface area contributed by atoms with Crippen LogP contribution in [0.1, 0.15) is 13.8 Å². The Morgan fingerprint density at radius 1 is 0.783 bits per heavy atom. The van der Waals surface area contributed by atoms with Crippen LogP contribution in [0, 0.1) is 0 Å². The van der Waals surface area contributed by atoms with E-state index in [1.165, 1.54) is 0 Å². The highest BCUT2D eigenvalue weighted by Gasteiger charge is 2.31. The molecule has 0 aromatic heterocycles. The number of Topliss-reactive ketones (excluding diaryl/α,β-unsaturated/α-hetero) is 1. The van der Waals surface area contributed by atoms with Crippen molar-refractivity contribution in [3.05, 3.63) is 22.3 Å². The summed E-state index contributed by atoms with van der Waals surface area (Å²) in [6.45, 7) is 7.27. The summed E-state index contributed by atoms with van der Waals surface area (Å²) in [7, 11) is 1.65. The minimum absolute atomic E-state index is 0.00925. The van der Waals surface area contributed by atoms with Crippen molar-refractivity contribution in [1.29, 1.82) is 0 Å². The second kappa shape index (κ2) is 9.30. The maximum atomic E-state index is 12.8. The van der Waals surface area contributed by atoms with Gasteiger partial charge in [-0.1, -0.05) is 0 Å². The molecule has 2 aliphatic rings. The fourth-order valence-corrected chi connectivity index (χ4v) is 2.80. The summed E-state index contributed by atoms with van der Waals surface area (Å²) < 4.78 is 27.6. The smallest absolute Gasteiger partial charge is 0.189 e. The zero-order valence-corrected chi connectivity index (χ0v) is 14.2. The van der Waals surface area contributed by atoms with E-state index in [1.807, 2.05) is 13.8 Å². The molecule has 23 heavy (non-hydrogen) atoms. The molecule has 0 unspecified atom stereocenters. The first-order chi connectivity index (χ1) is 11.2. The van der Waals surface area contributed by atoms with Crippen LogP contribution in [-0.2, 0) is 28.5 Å². The molecule has 0 atom stereocenters. The molecular formula is C17H26O6. The number of hydrogen-bond donors (Lipinski definition) is 0. The summed E-state index contributed by atoms with van der Waals surface area (Å²) in [6.07, 6.45) is -0.201. The SMILES string of the molecule is COC1C(C)=C2COCCOCCOCCOCC(=C1C)C2=O. The summed E-state index contributed by atoms with van der Waals surface area (Å²) in [6, 6.07) is 0. The number of carbonyl (C=O) groups is 1. The third-order valence-corrected chi connectivity index (χ3v) is 4.13. The van der Waals surface area contributed by atoms with Gasteiger partial charge in [-0.15, -0.1) is 0 Å². The minimum atomic E-state index is -0.201. The van der Waals surface area contributed by atoms with Crippen LogP contribution in [0.15, 0.2) is 22.3 Å². The predicted octanol–water partition coefficient (Wildman–Crippen LogP) is 1.30. The molecule has 130 valence electrons. The van der Waals surface area contributed by atoms with E-state index in [1.54, 1.807) is 7.11 Å². The summed E-state index contributed by atoms with van der Waals surface area (Å²) >= 11 is 0. The molecule has 0 N–H and O–H groups in total. The van der Waals surface area contributed by atoms with Crippen molar-refractivity contribution in [3.63, 3.8) is 0 Å². The van der Waals surface area contributed by atoms with Gasteiger partial charge in [0.2, 0.25) is 0 Å². The maximum absolute atomic E-state index is 12.8. The van der Waals surface area contributed by atoms with Crippen LogP contribution in [0.25, 0.3) is 0 Å². The molecule has 1 heterocycles. The molecule has 0 saturated carbocycles. The molecular weight excluding hydrogens is 300 g/mol. The zero-order chi connectivity index (χ0) is 16.7. The lowest BCUT2D eigenvalue weighted by atomic mass is 9.84. The molecule has 1 fully saturated rings. The first-order valence-electron chi connectivity index (χ1n) is 7.94. The Hall–Kier alpha value is -1.05. The normalized spacial score (nSPS) is 23.7. The first kappa shape index (κ1) is 18.3. The minimum Gasteiger partial charge on any atom is -0.377 e. The van der Waals surface area contributed by atoms with Gasteiger partial charge >= 0.3 is 0 Å². The van der Waals surface area contributed by atoms with Crippen LogP contribution in [0.3, 0.4) is 0 Å². The van der Waals surface area contributed by atoms with E-state index in [0.29, 0.717) is 50.8 Å². The van der Waals surface area contributed by atoms with Crippen molar-refractivity contribution in [2.24, 2.45) is 0 Å². The van der Waals surface area contributed by atoms with Crippen LogP contribution < -0.4 is 0 Å². The largest absolute Gasteiger partial charge is 0.377 e. The van der Waals surface area contributed by atoms with Gasteiger partial charge in [0.25, 0.3) is 0 Å². The van der Waals surface area contributed by atoms with Gasteiger partial charge in [-0.05, 0) is 25.0 Å². The number of ether oxygens (including phenoxy) is 5. The molecule has 6 heteroatoms. The van der Waals surface area contributed by atoms with E-state index in [0.717, 1.165) is 11.1 Å². The van der Waals surface area contributed by atoms with Crippen molar-refractivity contribution in [2.75, 3.05) is 60.0 Å². The molecule has 2 rings (SSSR count). The van der Waals surface area contributed by atoms with Crippen molar-refractivity contribution in [3.8, 4) is 0 Å². The van der Waals surface area contributed by atoms with Gasteiger partial charge in [-0.3, -0.25) is 4.79 Å². The van der Waals surface area contributed by atoms with E-state index in [2.05, 4.69) is 0 Å². The van der Waals surface area contributed by atoms with Gasteiger partial charge in [-0.25, -0.2) is 0 Å². The van der Waals surface area contributed by atoms with Crippen molar-refractivity contribution >= 4 is 5.78 Å². The van der Waals surface area contributed by atoms with E-state index in [9.17, 15) is 4.79 Å². The van der Waals surface area contributed by atoms with Crippen molar-refractivity contribution in [2.45, 2.75) is 20.0 Å². The average Bonchev–Trinajstić information content (AvgIpc) is 2.54. The lowest BCUT2D eigenvalue weighted by molar-refractivity contribution is -0.114. The van der Waals surface area contributed by atoms with Crippen LogP contribution in [-0.4, -0.2) is 71.9 Å². The highest BCUT2D eigenvalue weighted by atomic mass is 16.6. The molecule has 0 aromatic carbocycles. The topological polar surface area (TPSA) is 63.2 Å². The third kappa shape index (κ3) is 4.71. The lowest BCUT2D eigenvalue weighted by Crippen LogP contribution is -2.31. The number of methoxy groups -OCH3 is 1. The second-order valence-corrected chi connectivity index (χ2v) is 5.60. The molecule has 6 nitrogen and oxygen atoms in total. The van der Waals surface area contributed by atoms with Crippen LogP contribution in [0.5, 0.6) is 0 Å². The van der Waals surface area contributed by atoms with E-state index in [4.69, 9.17) is 23.7 Å². The molecule has 0 aromatic rings. The van der Waals surface area contributed by atoms with Gasteiger partial charge in [-0.2, -0.15) is 0 Å². The van der Waals surface area contributed by atoms with E-state index < -0.39 is 0 Å². The highest BCUT2D eigenvalue weighted by Crippen LogP contribution is 2.30. The van der Waals surface area contributed by atoms with Gasteiger partial charge < -0.3 is 23.7 Å². The van der Waals surface area contributed by atoms with Crippen molar-refractivity contribution in [1.82, 2.24) is 0 Å². The lowest BCUT2D eigenvalue weighted by Gasteiger charge is -2.28. The Labute approximate surface area is 137 Å². The molecule has 0 radical (unpaired) electrons. The van der Waals surface area contributed by atoms with E-state index in [-0.39, 0.29) is 25.1 Å². The molecule has 2 bridgehead atoms. The van der Waals surface area contributed by atoms with Crippen LogP contribution >= 0.6 is 0 Å². The van der Waals surface area contributed by atoms with E-state index >= 15 is 0 Å². The number of ketones is 1. The molecule has 1 saturated heterocycles. The van der Waals surface area contributed by atoms with Crippen molar-refractivity contribution < 1.29 is 28.5 Å². The Bertz CT molecular complexity index is 439. The summed E-state index contributed by atoms with van der Waals surface area (Å²) in [5.74, 6) is -0.00925. The Balaban J connectivity index is 2.17. The Morgan fingerprint density at radius 2 is 1.17 bits per heavy atom. The zero-order valence-electron chi connectivity index (χ0n) is 14.2. The molecule has 0 spiro atoms. The van der Waals surface area contributed by atoms with Gasteiger partial charge in [0, 0.05) is 18.3 Å². The third-order valence-electron chi connectivity index (χ3n) is 4.13. The quantitative estimate of drug-likeness (QED) is 0.724. The maximum Gasteiger partial charge on any atom is 0.189 e. The highest BCUT2D eigenvalue weighted by molar-refractivity contribution is 6.11. The number of fused-ring (bicyclic) bond motifs is 2. The first-order valence-corrected chi connectivity index (χ1v) is 7.94. The fraction of sp³-hybridized carbons (Fsp3) is 0.706. The van der Waals surface area contributed by atoms with Gasteiger partial charge in [0.05, 0.1) is 52.9 Å². The van der Waals surface area contributed by atoms with Gasteiger partial charge in [0.1, 0.15) is 6.10 Å². The standard InChI is InChI=1S/C17H26O6/c1-12-14-10-22-8-6-20-4-5-21-7-9-23-11-15(16(14)18)13(2)17(12)19-3/h17H,4-11H2,1-3H3. The number of carbonyl (C=O) groups excluding carboxylic acids is 1. The average molecular weight is 326 g/mol. The summed E-state index contributed by atoms with van der Waals surface area (Å²) in [5, 5.41) is 0. The molecule has 0 amide bonds. The number of rotatable bonds is 1. The second-order valence-electron chi connectivity index (χ2n) is 5.60. The number of hydrogen-bond acceptors (Lipinski definition) is 6. The van der Waals surface area contributed by atoms with Crippen LogP contribution in [0.2, 0.25) is 0 Å². The Kier molecular flexibility index (Phi) is 7.39. The fourth-order valence-electron chi connectivity index (χ4n) is 2.80. The Morgan fingerprint density at radius 3 is 1.57 bits per heavy atom. The predicted molar refractivity (Wildman–Crippen MR) is 84.5 cm³/mol. The summed E-state index contributed by atoms with van der Waals surface area (Å²) in [5.41, 5.74) is 3.14. The molecule has 1 aliphatic heterocycles. The van der Waals surface area contributed by atoms with Crippen LogP contribution in [0.4, 0.5) is 0 Å². The monoisotopic (exact) mass is 326 g/mol. The summed E-state index contributed by atoms with van der Waals surface area (Å²) in [4.78, 5) is 12.8. The van der Waals surface area contributed by atoms with Gasteiger partial charge in [0.15, 0.2) is 5.78 Å². The molecule has 1 aliphatic carbocycles.